The Kier molecular flexibility index (Phi) is 4.47. The Labute approximate surface area is 114 Å². The molecule has 6 nitrogen and oxygen atoms in total. The van der Waals surface area contributed by atoms with Crippen LogP contribution in [0.15, 0.2) is 0 Å². The summed E-state index contributed by atoms with van der Waals surface area (Å²) in [4.78, 5) is 10.9. The molecular formula is C12H22N2O4S. The van der Waals surface area contributed by atoms with Gasteiger partial charge in [0.05, 0.1) is 5.92 Å². The van der Waals surface area contributed by atoms with Crippen LogP contribution in [0.1, 0.15) is 39.0 Å². The first kappa shape index (κ1) is 14.7. The molecule has 0 aromatic carbocycles. The summed E-state index contributed by atoms with van der Waals surface area (Å²) in [7, 11) is -3.45. The molecule has 2 fully saturated rings. The van der Waals surface area contributed by atoms with Crippen molar-refractivity contribution in [2.24, 2.45) is 11.8 Å². The van der Waals surface area contributed by atoms with E-state index in [1.807, 2.05) is 0 Å². The molecule has 0 bridgehead atoms. The number of hydrogen-bond acceptors (Lipinski definition) is 3. The Bertz CT molecular complexity index is 429. The van der Waals surface area contributed by atoms with Gasteiger partial charge in [0.2, 0.25) is 0 Å². The van der Waals surface area contributed by atoms with Gasteiger partial charge in [-0.25, -0.2) is 0 Å². The van der Waals surface area contributed by atoms with Crippen LogP contribution < -0.4 is 4.72 Å². The second kappa shape index (κ2) is 5.76. The highest BCUT2D eigenvalue weighted by Gasteiger charge is 2.34. The van der Waals surface area contributed by atoms with Gasteiger partial charge in [-0.3, -0.25) is 4.79 Å². The van der Waals surface area contributed by atoms with Crippen molar-refractivity contribution in [1.82, 2.24) is 9.03 Å². The minimum atomic E-state index is -3.45. The van der Waals surface area contributed by atoms with E-state index in [4.69, 9.17) is 5.11 Å². The molecule has 0 aromatic rings. The van der Waals surface area contributed by atoms with E-state index in [2.05, 4.69) is 11.6 Å². The zero-order valence-electron chi connectivity index (χ0n) is 11.2. The van der Waals surface area contributed by atoms with Crippen LogP contribution in [-0.2, 0) is 15.0 Å². The molecule has 1 saturated heterocycles. The molecule has 2 atom stereocenters. The molecule has 19 heavy (non-hydrogen) atoms. The lowest BCUT2D eigenvalue weighted by Crippen LogP contribution is -2.47. The minimum absolute atomic E-state index is 0.231. The number of carboxylic acids is 1. The van der Waals surface area contributed by atoms with Crippen LogP contribution in [0.25, 0.3) is 0 Å². The van der Waals surface area contributed by atoms with Gasteiger partial charge in [-0.15, -0.1) is 0 Å². The molecule has 2 unspecified atom stereocenters. The van der Waals surface area contributed by atoms with Crippen LogP contribution >= 0.6 is 0 Å². The lowest BCUT2D eigenvalue weighted by atomic mass is 10.0. The molecule has 7 heteroatoms. The van der Waals surface area contributed by atoms with Crippen LogP contribution in [0.3, 0.4) is 0 Å². The third kappa shape index (κ3) is 3.67. The summed E-state index contributed by atoms with van der Waals surface area (Å²) in [6, 6.07) is -0.231. The molecule has 1 saturated carbocycles. The Balaban J connectivity index is 1.89. The van der Waals surface area contributed by atoms with Crippen molar-refractivity contribution in [1.29, 1.82) is 0 Å². The van der Waals surface area contributed by atoms with E-state index >= 15 is 0 Å². The maximum atomic E-state index is 12.2. The van der Waals surface area contributed by atoms with Crippen molar-refractivity contribution in [3.05, 3.63) is 0 Å². The molecule has 2 N–H and O–H groups in total. The van der Waals surface area contributed by atoms with Crippen molar-refractivity contribution in [3.8, 4) is 0 Å². The van der Waals surface area contributed by atoms with Gasteiger partial charge in [-0.05, 0) is 38.0 Å². The molecule has 1 aliphatic heterocycles. The van der Waals surface area contributed by atoms with Crippen molar-refractivity contribution in [2.45, 2.75) is 45.1 Å². The summed E-state index contributed by atoms with van der Waals surface area (Å²) in [6.45, 7) is 3.25. The zero-order valence-corrected chi connectivity index (χ0v) is 12.0. The summed E-state index contributed by atoms with van der Waals surface area (Å²) in [5.41, 5.74) is 0. The van der Waals surface area contributed by atoms with Gasteiger partial charge < -0.3 is 5.11 Å². The van der Waals surface area contributed by atoms with E-state index in [0.717, 1.165) is 12.8 Å². The Hall–Kier alpha value is -0.660. The number of carbonyl (C=O) groups is 1. The first-order chi connectivity index (χ1) is 8.88. The maximum Gasteiger partial charge on any atom is 0.306 e. The second-order valence-corrected chi connectivity index (χ2v) is 7.45. The number of nitrogens with zero attached hydrogens (tertiary/aromatic N) is 1. The molecule has 1 aliphatic carbocycles. The number of nitrogens with one attached hydrogen (secondary N) is 1. The summed E-state index contributed by atoms with van der Waals surface area (Å²) in [5, 5.41) is 8.92. The minimum Gasteiger partial charge on any atom is -0.481 e. The predicted molar refractivity (Wildman–Crippen MR) is 70.8 cm³/mol. The lowest BCUT2D eigenvalue weighted by Gasteiger charge is -2.30. The molecule has 0 aromatic heterocycles. The molecule has 0 amide bonds. The van der Waals surface area contributed by atoms with Gasteiger partial charge >= 0.3 is 5.97 Å². The fourth-order valence-corrected chi connectivity index (χ4v) is 4.30. The summed E-state index contributed by atoms with van der Waals surface area (Å²) < 4.78 is 28.5. The molecule has 2 rings (SSSR count). The normalized spacial score (nSPS) is 30.6. The zero-order chi connectivity index (χ0) is 14.0. The van der Waals surface area contributed by atoms with E-state index < -0.39 is 22.1 Å². The van der Waals surface area contributed by atoms with Crippen LogP contribution in [0.4, 0.5) is 0 Å². The van der Waals surface area contributed by atoms with Gasteiger partial charge in [0.15, 0.2) is 0 Å². The van der Waals surface area contributed by atoms with E-state index in [1.54, 1.807) is 0 Å². The van der Waals surface area contributed by atoms with Crippen molar-refractivity contribution >= 4 is 16.2 Å². The number of rotatable bonds is 4. The van der Waals surface area contributed by atoms with Crippen LogP contribution in [0.5, 0.6) is 0 Å². The number of carboxylic acid groups (broad SMARTS) is 1. The first-order valence-electron chi connectivity index (χ1n) is 6.88. The molecule has 1 heterocycles. The third-order valence-corrected chi connectivity index (χ3v) is 5.86. The van der Waals surface area contributed by atoms with E-state index in [-0.39, 0.29) is 6.04 Å². The van der Waals surface area contributed by atoms with Crippen molar-refractivity contribution < 1.29 is 18.3 Å². The average molecular weight is 290 g/mol. The fraction of sp³-hybridized carbons (Fsp3) is 0.917. The average Bonchev–Trinajstić information content (AvgIpc) is 2.77. The number of piperidine rings is 1. The quantitative estimate of drug-likeness (QED) is 0.802. The van der Waals surface area contributed by atoms with Crippen LogP contribution in [-0.4, -0.2) is 42.9 Å². The molecular weight excluding hydrogens is 268 g/mol. The lowest BCUT2D eigenvalue weighted by molar-refractivity contribution is -0.141. The van der Waals surface area contributed by atoms with Crippen molar-refractivity contribution in [3.63, 3.8) is 0 Å². The second-order valence-electron chi connectivity index (χ2n) is 5.75. The molecule has 0 spiro atoms. The van der Waals surface area contributed by atoms with E-state index in [0.29, 0.717) is 38.3 Å². The summed E-state index contributed by atoms with van der Waals surface area (Å²) in [6.07, 6.45) is 3.35. The highest BCUT2D eigenvalue weighted by Crippen LogP contribution is 2.27. The predicted octanol–water partition coefficient (Wildman–Crippen LogP) is 0.806. The molecule has 0 radical (unpaired) electrons. The van der Waals surface area contributed by atoms with Gasteiger partial charge in [0.1, 0.15) is 0 Å². The number of hydrogen-bond donors (Lipinski definition) is 2. The summed E-state index contributed by atoms with van der Waals surface area (Å²) in [5.74, 6) is -0.656. The molecule has 2 aliphatic rings. The largest absolute Gasteiger partial charge is 0.481 e. The SMILES string of the molecule is CC1CCN(S(=O)(=O)NC2CCC(C(=O)O)C2)CC1. The van der Waals surface area contributed by atoms with Crippen molar-refractivity contribution in [2.75, 3.05) is 13.1 Å². The molecule has 110 valence electrons. The Morgan fingerprint density at radius 1 is 1.21 bits per heavy atom. The Morgan fingerprint density at radius 2 is 1.84 bits per heavy atom. The highest BCUT2D eigenvalue weighted by atomic mass is 32.2. The maximum absolute atomic E-state index is 12.2. The summed E-state index contributed by atoms with van der Waals surface area (Å²) >= 11 is 0. The van der Waals surface area contributed by atoms with Crippen LogP contribution in [0, 0.1) is 11.8 Å². The number of aliphatic carboxylic acids is 1. The topological polar surface area (TPSA) is 86.7 Å². The van der Waals surface area contributed by atoms with Gasteiger partial charge in [-0.2, -0.15) is 17.4 Å². The van der Waals surface area contributed by atoms with E-state index in [1.165, 1.54) is 4.31 Å². The smallest absolute Gasteiger partial charge is 0.306 e. The van der Waals surface area contributed by atoms with Gasteiger partial charge in [0.25, 0.3) is 10.2 Å². The standard InChI is InChI=1S/C12H22N2O4S/c1-9-4-6-14(7-5-9)19(17,18)13-11-3-2-10(8-11)12(15)16/h9-11,13H,2-8H2,1H3,(H,15,16). The first-order valence-corrected chi connectivity index (χ1v) is 8.32. The fourth-order valence-electron chi connectivity index (χ4n) is 2.82. The van der Waals surface area contributed by atoms with Crippen LogP contribution in [0.2, 0.25) is 0 Å². The third-order valence-electron chi connectivity index (χ3n) is 4.18. The van der Waals surface area contributed by atoms with Gasteiger partial charge in [-0.1, -0.05) is 6.92 Å². The monoisotopic (exact) mass is 290 g/mol. The highest BCUT2D eigenvalue weighted by molar-refractivity contribution is 7.87. The van der Waals surface area contributed by atoms with Gasteiger partial charge in [0, 0.05) is 19.1 Å². The van der Waals surface area contributed by atoms with E-state index in [9.17, 15) is 13.2 Å². The Morgan fingerprint density at radius 3 is 2.37 bits per heavy atom.